The molecule has 8 heteroatoms. The molecule has 0 spiro atoms. The molecule has 6 nitrogen and oxygen atoms in total. The third-order valence-electron chi connectivity index (χ3n) is 5.55. The quantitative estimate of drug-likeness (QED) is 0.274. The number of fused-ring (bicyclic) bond motifs is 1. The van der Waals surface area contributed by atoms with Crippen LogP contribution in [0.15, 0.2) is 95.1 Å². The Hall–Kier alpha value is -3.55. The van der Waals surface area contributed by atoms with E-state index in [1.807, 2.05) is 67.7 Å². The molecule has 5 rings (SSSR count). The highest BCUT2D eigenvalue weighted by Gasteiger charge is 2.14. The molecule has 5 aromatic rings. The van der Waals surface area contributed by atoms with Crippen LogP contribution in [-0.4, -0.2) is 19.2 Å². The summed E-state index contributed by atoms with van der Waals surface area (Å²) in [7, 11) is 0. The fraction of sp³-hybridized carbons (Fsp3) is 0.115. The summed E-state index contributed by atoms with van der Waals surface area (Å²) in [5.74, 6) is 1.51. The lowest BCUT2D eigenvalue weighted by molar-refractivity contribution is 0.305. The number of rotatable bonds is 7. The second-order valence-corrected chi connectivity index (χ2v) is 9.04. The summed E-state index contributed by atoms with van der Waals surface area (Å²) in [6.07, 6.45) is 3.53. The van der Waals surface area contributed by atoms with Crippen molar-refractivity contribution in [3.63, 3.8) is 0 Å². The van der Waals surface area contributed by atoms with Crippen molar-refractivity contribution in [1.82, 2.24) is 19.2 Å². The Balaban J connectivity index is 1.37. The van der Waals surface area contributed by atoms with Gasteiger partial charge in [-0.1, -0.05) is 71.9 Å². The van der Waals surface area contributed by atoms with Crippen molar-refractivity contribution in [3.05, 3.63) is 117 Å². The predicted molar refractivity (Wildman–Crippen MR) is 135 cm³/mol. The number of para-hydroxylation sites is 1. The first-order valence-electron chi connectivity index (χ1n) is 10.7. The second-order valence-electron chi connectivity index (χ2n) is 7.69. The molecule has 0 radical (unpaired) electrons. The molecule has 0 bridgehead atoms. The van der Waals surface area contributed by atoms with E-state index < -0.39 is 0 Å². The van der Waals surface area contributed by atoms with Gasteiger partial charge in [-0.15, -0.1) is 10.2 Å². The number of nitrogens with zero attached hydrogens (tertiary/aromatic N) is 4. The molecule has 0 saturated carbocycles. The summed E-state index contributed by atoms with van der Waals surface area (Å²) in [5.41, 5.74) is 3.83. The number of benzene rings is 3. The summed E-state index contributed by atoms with van der Waals surface area (Å²) in [6.45, 7) is 2.36. The van der Waals surface area contributed by atoms with E-state index in [4.69, 9.17) is 16.3 Å². The lowest BCUT2D eigenvalue weighted by atomic mass is 10.1. The maximum absolute atomic E-state index is 13.1. The maximum atomic E-state index is 13.1. The average molecular weight is 489 g/mol. The molecular weight excluding hydrogens is 468 g/mol. The van der Waals surface area contributed by atoms with E-state index >= 15 is 0 Å². The number of aromatic nitrogens is 4. The van der Waals surface area contributed by atoms with Crippen LogP contribution < -0.4 is 10.3 Å². The molecule has 0 aliphatic heterocycles. The highest BCUT2D eigenvalue weighted by atomic mass is 35.5. The van der Waals surface area contributed by atoms with E-state index in [0.717, 1.165) is 28.1 Å². The largest absolute Gasteiger partial charge is 0.489 e. The zero-order chi connectivity index (χ0) is 23.5. The van der Waals surface area contributed by atoms with Crippen LogP contribution in [-0.2, 0) is 12.4 Å². The van der Waals surface area contributed by atoms with Gasteiger partial charge in [-0.2, -0.15) is 0 Å². The van der Waals surface area contributed by atoms with Gasteiger partial charge in [-0.3, -0.25) is 13.8 Å². The van der Waals surface area contributed by atoms with Gasteiger partial charge >= 0.3 is 5.56 Å². The van der Waals surface area contributed by atoms with Gasteiger partial charge in [0.25, 0.3) is 0 Å². The van der Waals surface area contributed by atoms with Crippen molar-refractivity contribution in [2.75, 3.05) is 0 Å². The van der Waals surface area contributed by atoms with E-state index in [1.54, 1.807) is 21.2 Å². The van der Waals surface area contributed by atoms with Crippen LogP contribution >= 0.6 is 23.4 Å². The summed E-state index contributed by atoms with van der Waals surface area (Å²) < 4.78 is 9.21. The Labute approximate surface area is 205 Å². The lowest BCUT2D eigenvalue weighted by Crippen LogP contribution is -2.21. The van der Waals surface area contributed by atoms with E-state index in [-0.39, 0.29) is 11.2 Å². The normalized spacial score (nSPS) is 11.1. The highest BCUT2D eigenvalue weighted by molar-refractivity contribution is 7.98. The Morgan fingerprint density at radius 1 is 0.912 bits per heavy atom. The smallest absolute Gasteiger partial charge is 0.300 e. The monoisotopic (exact) mass is 488 g/mol. The molecule has 34 heavy (non-hydrogen) atoms. The summed E-state index contributed by atoms with van der Waals surface area (Å²) >= 11 is 7.77. The van der Waals surface area contributed by atoms with Crippen molar-refractivity contribution in [3.8, 4) is 11.4 Å². The average Bonchev–Trinajstić information content (AvgIpc) is 3.29. The van der Waals surface area contributed by atoms with Gasteiger partial charge in [-0.05, 0) is 47.9 Å². The molecule has 2 heterocycles. The van der Waals surface area contributed by atoms with Gasteiger partial charge in [0.15, 0.2) is 5.16 Å². The molecule has 0 amide bonds. The van der Waals surface area contributed by atoms with Gasteiger partial charge in [-0.25, -0.2) is 0 Å². The van der Waals surface area contributed by atoms with Gasteiger partial charge < -0.3 is 4.74 Å². The van der Waals surface area contributed by atoms with Crippen LogP contribution in [0.4, 0.5) is 0 Å². The number of hydrogen-bond donors (Lipinski definition) is 0. The molecule has 0 aliphatic rings. The number of halogens is 1. The van der Waals surface area contributed by atoms with Gasteiger partial charge in [0.05, 0.1) is 5.69 Å². The predicted octanol–water partition coefficient (Wildman–Crippen LogP) is 5.71. The number of thioether (sulfide) groups is 1. The zero-order valence-electron chi connectivity index (χ0n) is 18.4. The zero-order valence-corrected chi connectivity index (χ0v) is 20.0. The van der Waals surface area contributed by atoms with Gasteiger partial charge in [0.2, 0.25) is 5.65 Å². The van der Waals surface area contributed by atoms with Crippen LogP contribution in [0.3, 0.4) is 0 Å². The van der Waals surface area contributed by atoms with Crippen LogP contribution in [0, 0.1) is 6.92 Å². The fourth-order valence-corrected chi connectivity index (χ4v) is 4.79. The molecule has 170 valence electrons. The van der Waals surface area contributed by atoms with Crippen LogP contribution in [0.25, 0.3) is 11.3 Å². The molecule has 0 N–H and O–H groups in total. The maximum Gasteiger partial charge on any atom is 0.300 e. The summed E-state index contributed by atoms with van der Waals surface area (Å²) in [6, 6.07) is 23.4. The topological polar surface area (TPSA) is 61.4 Å². The molecule has 0 fully saturated rings. The van der Waals surface area contributed by atoms with E-state index in [0.29, 0.717) is 22.5 Å². The molecule has 0 unspecified atom stereocenters. The Morgan fingerprint density at radius 3 is 2.50 bits per heavy atom. The van der Waals surface area contributed by atoms with Crippen molar-refractivity contribution in [2.45, 2.75) is 24.4 Å². The van der Waals surface area contributed by atoms with Crippen molar-refractivity contribution >= 4 is 29.0 Å². The molecule has 3 aromatic carbocycles. The number of hydrogen-bond acceptors (Lipinski definition) is 5. The first-order valence-corrected chi connectivity index (χ1v) is 12.1. The molecule has 0 aliphatic carbocycles. The van der Waals surface area contributed by atoms with E-state index in [9.17, 15) is 4.79 Å². The van der Waals surface area contributed by atoms with Crippen LogP contribution in [0.1, 0.15) is 16.7 Å². The summed E-state index contributed by atoms with van der Waals surface area (Å²) in [5, 5.41) is 9.70. The minimum absolute atomic E-state index is 0.246. The van der Waals surface area contributed by atoms with E-state index in [1.165, 1.54) is 11.8 Å². The summed E-state index contributed by atoms with van der Waals surface area (Å²) in [4.78, 5) is 13.1. The minimum atomic E-state index is -0.246. The third-order valence-corrected chi connectivity index (χ3v) is 6.95. The lowest BCUT2D eigenvalue weighted by Gasteiger charge is -2.11. The second kappa shape index (κ2) is 9.75. The Morgan fingerprint density at radius 2 is 1.68 bits per heavy atom. The fourth-order valence-electron chi connectivity index (χ4n) is 3.67. The Bertz CT molecular complexity index is 1510. The molecular formula is C26H21ClN4O2S. The SMILES string of the molecule is Cc1c(Cl)cccc1-n1ccn2c(SCc3ccccc3COc3ccccc3)nnc2c1=O. The van der Waals surface area contributed by atoms with Crippen molar-refractivity contribution in [1.29, 1.82) is 0 Å². The van der Waals surface area contributed by atoms with Gasteiger partial charge in [0, 0.05) is 23.2 Å². The van der Waals surface area contributed by atoms with E-state index in [2.05, 4.69) is 22.3 Å². The number of ether oxygens (including phenoxy) is 1. The Kier molecular flexibility index (Phi) is 6.38. The van der Waals surface area contributed by atoms with Crippen molar-refractivity contribution in [2.24, 2.45) is 0 Å². The molecule has 0 saturated heterocycles. The standard InChI is InChI=1S/C26H21ClN4O2S/c1-18-22(27)12-7-13-23(18)30-14-15-31-24(25(30)32)28-29-26(31)34-17-20-9-6-5-8-19(20)16-33-21-10-3-2-4-11-21/h2-15H,16-17H2,1H3. The minimum Gasteiger partial charge on any atom is -0.489 e. The van der Waals surface area contributed by atoms with Crippen LogP contribution in [0.2, 0.25) is 5.02 Å². The third kappa shape index (κ3) is 4.44. The molecule has 2 aromatic heterocycles. The first-order chi connectivity index (χ1) is 16.6. The highest BCUT2D eigenvalue weighted by Crippen LogP contribution is 2.25. The van der Waals surface area contributed by atoms with Gasteiger partial charge in [0.1, 0.15) is 12.4 Å². The first kappa shape index (κ1) is 22.3. The molecule has 0 atom stereocenters. The van der Waals surface area contributed by atoms with Crippen LogP contribution in [0.5, 0.6) is 5.75 Å². The van der Waals surface area contributed by atoms with Crippen molar-refractivity contribution < 1.29 is 4.74 Å².